The van der Waals surface area contributed by atoms with E-state index < -0.39 is 0 Å². The molecule has 0 aromatic carbocycles. The van der Waals surface area contributed by atoms with E-state index in [2.05, 4.69) is 10.2 Å². The van der Waals surface area contributed by atoms with Crippen LogP contribution >= 0.6 is 0 Å². The van der Waals surface area contributed by atoms with Gasteiger partial charge in [-0.2, -0.15) is 10.2 Å². The average Bonchev–Trinajstić information content (AvgIpc) is 2.37. The van der Waals surface area contributed by atoms with Gasteiger partial charge in [0.15, 0.2) is 0 Å². The Bertz CT molecular complexity index is 301. The molecule has 0 saturated heterocycles. The molecular weight excluding hydrogens is 196 g/mol. The van der Waals surface area contributed by atoms with E-state index in [1.54, 1.807) is 6.20 Å². The van der Waals surface area contributed by atoms with Gasteiger partial charge in [0.25, 0.3) is 0 Å². The lowest BCUT2D eigenvalue weighted by molar-refractivity contribution is 1.000. The minimum atomic E-state index is 0.926. The Balaban J connectivity index is 0. The largest absolute Gasteiger partial charge is 0.159 e. The maximum absolute atomic E-state index is 3.98. The smallest absolute Gasteiger partial charge is 0.0886 e. The summed E-state index contributed by atoms with van der Waals surface area (Å²) in [5, 5.41) is 7.78. The number of rotatable bonds is 2. The number of allylic oxidation sites excluding steroid dienone is 3. The van der Waals surface area contributed by atoms with Gasteiger partial charge in [0, 0.05) is 6.20 Å². The van der Waals surface area contributed by atoms with E-state index in [1.807, 2.05) is 71.9 Å². The van der Waals surface area contributed by atoms with Crippen molar-refractivity contribution in [3.05, 3.63) is 41.7 Å². The quantitative estimate of drug-likeness (QED) is 0.689. The lowest BCUT2D eigenvalue weighted by Crippen LogP contribution is -1.87. The average molecular weight is 220 g/mol. The van der Waals surface area contributed by atoms with Crippen molar-refractivity contribution in [1.29, 1.82) is 0 Å². The van der Waals surface area contributed by atoms with Crippen molar-refractivity contribution in [3.8, 4) is 0 Å². The molecule has 0 amide bonds. The Kier molecular flexibility index (Phi) is 14.4. The van der Waals surface area contributed by atoms with Crippen LogP contribution in [-0.4, -0.2) is 10.2 Å². The van der Waals surface area contributed by atoms with Crippen molar-refractivity contribution in [3.63, 3.8) is 0 Å². The fourth-order valence-electron chi connectivity index (χ4n) is 0.828. The number of aromatic nitrogens is 2. The molecule has 1 aromatic heterocycles. The zero-order valence-electron chi connectivity index (χ0n) is 11.4. The van der Waals surface area contributed by atoms with Crippen LogP contribution in [0.15, 0.2) is 30.5 Å². The molecule has 0 atom stereocenters. The molecule has 0 aliphatic heterocycles. The first-order chi connectivity index (χ1) is 7.84. The number of hydrogen-bond acceptors (Lipinski definition) is 2. The zero-order chi connectivity index (χ0) is 12.8. The van der Waals surface area contributed by atoms with Gasteiger partial charge in [-0.1, -0.05) is 45.9 Å². The van der Waals surface area contributed by atoms with E-state index in [-0.39, 0.29) is 0 Å². The second-order valence-electron chi connectivity index (χ2n) is 2.48. The summed E-state index contributed by atoms with van der Waals surface area (Å²) in [5.41, 5.74) is 2.07. The first-order valence-corrected chi connectivity index (χ1v) is 5.92. The van der Waals surface area contributed by atoms with Crippen LogP contribution in [0.5, 0.6) is 0 Å². The summed E-state index contributed by atoms with van der Waals surface area (Å²) in [7, 11) is 0. The SMILES string of the molecule is C/C=C\C=C/c1nnccc1C.CC.CC. The summed E-state index contributed by atoms with van der Waals surface area (Å²) in [6.45, 7) is 12.0. The summed E-state index contributed by atoms with van der Waals surface area (Å²) in [6.07, 6.45) is 9.54. The van der Waals surface area contributed by atoms with Gasteiger partial charge in [0.2, 0.25) is 0 Å². The summed E-state index contributed by atoms with van der Waals surface area (Å²) >= 11 is 0. The van der Waals surface area contributed by atoms with Gasteiger partial charge in [0.1, 0.15) is 0 Å². The Hall–Kier alpha value is -1.44. The Morgan fingerprint density at radius 1 is 1.06 bits per heavy atom. The minimum Gasteiger partial charge on any atom is -0.159 e. The van der Waals surface area contributed by atoms with Gasteiger partial charge in [-0.3, -0.25) is 0 Å². The highest BCUT2D eigenvalue weighted by atomic mass is 15.1. The van der Waals surface area contributed by atoms with Crippen LogP contribution in [0.4, 0.5) is 0 Å². The molecule has 0 fully saturated rings. The molecule has 0 spiro atoms. The van der Waals surface area contributed by atoms with E-state index in [9.17, 15) is 0 Å². The molecule has 0 N–H and O–H groups in total. The van der Waals surface area contributed by atoms with Crippen LogP contribution < -0.4 is 0 Å². The van der Waals surface area contributed by atoms with Crippen molar-refractivity contribution in [2.75, 3.05) is 0 Å². The Morgan fingerprint density at radius 3 is 2.19 bits per heavy atom. The van der Waals surface area contributed by atoms with Gasteiger partial charge in [0.05, 0.1) is 5.69 Å². The van der Waals surface area contributed by atoms with Gasteiger partial charge in [-0.05, 0) is 31.6 Å². The van der Waals surface area contributed by atoms with Gasteiger partial charge >= 0.3 is 0 Å². The molecule has 16 heavy (non-hydrogen) atoms. The monoisotopic (exact) mass is 220 g/mol. The number of aryl methyl sites for hydroxylation is 1. The summed E-state index contributed by atoms with van der Waals surface area (Å²) in [6, 6.07) is 1.95. The zero-order valence-corrected chi connectivity index (χ0v) is 11.4. The molecule has 0 aliphatic rings. The molecule has 0 bridgehead atoms. The molecule has 90 valence electrons. The van der Waals surface area contributed by atoms with E-state index in [0.29, 0.717) is 0 Å². The molecule has 1 heterocycles. The molecular formula is C14H24N2. The molecule has 0 aliphatic carbocycles. The third-order valence-corrected chi connectivity index (χ3v) is 1.52. The van der Waals surface area contributed by atoms with Gasteiger partial charge in [-0.25, -0.2) is 0 Å². The predicted molar refractivity (Wildman–Crippen MR) is 73.3 cm³/mol. The van der Waals surface area contributed by atoms with Crippen LogP contribution in [0.2, 0.25) is 0 Å². The van der Waals surface area contributed by atoms with E-state index in [4.69, 9.17) is 0 Å². The maximum Gasteiger partial charge on any atom is 0.0886 e. The summed E-state index contributed by atoms with van der Waals surface area (Å²) in [4.78, 5) is 0. The minimum absolute atomic E-state index is 0.926. The molecule has 1 aromatic rings. The third-order valence-electron chi connectivity index (χ3n) is 1.52. The highest BCUT2D eigenvalue weighted by Crippen LogP contribution is 2.03. The van der Waals surface area contributed by atoms with E-state index in [0.717, 1.165) is 11.3 Å². The van der Waals surface area contributed by atoms with E-state index in [1.165, 1.54) is 0 Å². The molecule has 2 nitrogen and oxygen atoms in total. The van der Waals surface area contributed by atoms with Crippen molar-refractivity contribution in [1.82, 2.24) is 10.2 Å². The van der Waals surface area contributed by atoms with Crippen LogP contribution in [-0.2, 0) is 0 Å². The lowest BCUT2D eigenvalue weighted by Gasteiger charge is -1.93. The maximum atomic E-state index is 3.98. The highest BCUT2D eigenvalue weighted by molar-refractivity contribution is 5.49. The van der Waals surface area contributed by atoms with Crippen LogP contribution in [0.3, 0.4) is 0 Å². The fraction of sp³-hybridized carbons (Fsp3) is 0.429. The first-order valence-electron chi connectivity index (χ1n) is 5.92. The highest BCUT2D eigenvalue weighted by Gasteiger charge is 1.91. The van der Waals surface area contributed by atoms with Crippen molar-refractivity contribution >= 4 is 6.08 Å². The van der Waals surface area contributed by atoms with Gasteiger partial charge in [-0.15, -0.1) is 0 Å². The lowest BCUT2D eigenvalue weighted by atomic mass is 10.2. The number of hydrogen-bond donors (Lipinski definition) is 0. The van der Waals surface area contributed by atoms with Crippen LogP contribution in [0.1, 0.15) is 45.9 Å². The second-order valence-corrected chi connectivity index (χ2v) is 2.48. The molecule has 0 saturated carbocycles. The predicted octanol–water partition coefficient (Wildman–Crippen LogP) is 4.43. The van der Waals surface area contributed by atoms with Gasteiger partial charge < -0.3 is 0 Å². The Morgan fingerprint density at radius 2 is 1.69 bits per heavy atom. The second kappa shape index (κ2) is 13.6. The van der Waals surface area contributed by atoms with Crippen molar-refractivity contribution in [2.45, 2.75) is 41.5 Å². The van der Waals surface area contributed by atoms with E-state index >= 15 is 0 Å². The molecule has 0 radical (unpaired) electrons. The van der Waals surface area contributed by atoms with Crippen LogP contribution in [0.25, 0.3) is 6.08 Å². The third kappa shape index (κ3) is 7.92. The molecule has 2 heteroatoms. The molecule has 1 rings (SSSR count). The first kappa shape index (κ1) is 17.0. The van der Waals surface area contributed by atoms with Crippen molar-refractivity contribution in [2.24, 2.45) is 0 Å². The van der Waals surface area contributed by atoms with Crippen molar-refractivity contribution < 1.29 is 0 Å². The standard InChI is InChI=1S/C10H12N2.2C2H6/c1-3-4-5-6-10-9(2)7-8-11-12-10;2*1-2/h3-8H,1-2H3;2*1-2H3/b4-3-,6-5-;;. The Labute approximate surface area is 100 Å². The summed E-state index contributed by atoms with van der Waals surface area (Å²) < 4.78 is 0. The topological polar surface area (TPSA) is 25.8 Å². The van der Waals surface area contributed by atoms with Crippen LogP contribution in [0, 0.1) is 6.92 Å². The summed E-state index contributed by atoms with van der Waals surface area (Å²) in [5.74, 6) is 0. The fourth-order valence-corrected chi connectivity index (χ4v) is 0.828. The number of nitrogens with zero attached hydrogens (tertiary/aromatic N) is 2. The molecule has 0 unspecified atom stereocenters. The normalized spacial score (nSPS) is 9.38.